The number of benzene rings is 1. The lowest BCUT2D eigenvalue weighted by atomic mass is 10.0. The second-order valence-electron chi connectivity index (χ2n) is 8.75. The zero-order chi connectivity index (χ0) is 26.2. The molecule has 2 aromatic rings. The number of carbonyl (C=O) groups excluding carboxylic acids is 1. The van der Waals surface area contributed by atoms with Crippen molar-refractivity contribution < 1.29 is 9.53 Å². The van der Waals surface area contributed by atoms with Gasteiger partial charge in [0.25, 0.3) is 0 Å². The van der Waals surface area contributed by atoms with Crippen LogP contribution in [0, 0.1) is 16.7 Å². The van der Waals surface area contributed by atoms with E-state index in [9.17, 15) is 4.79 Å². The first kappa shape index (κ1) is 26.7. The number of nitriles is 1. The van der Waals surface area contributed by atoms with Crippen LogP contribution in [0.5, 0.6) is 0 Å². The fraction of sp³-hybridized carbons (Fsp3) is 0.407. The van der Waals surface area contributed by atoms with Crippen LogP contribution in [-0.2, 0) is 23.0 Å². The minimum atomic E-state index is 0.0549. The summed E-state index contributed by atoms with van der Waals surface area (Å²) in [5, 5.41) is 24.2. The topological polar surface area (TPSA) is 110 Å². The second kappa shape index (κ2) is 12.2. The number of hydrogen-bond donors (Lipinski definition) is 2. The lowest BCUT2D eigenvalue weighted by molar-refractivity contribution is -0.128. The Morgan fingerprint density at radius 1 is 1.25 bits per heavy atom. The van der Waals surface area contributed by atoms with Gasteiger partial charge in [-0.15, -0.1) is 13.2 Å². The van der Waals surface area contributed by atoms with E-state index in [1.165, 1.54) is 12.5 Å². The number of nitrogens with zero attached hydrogens (tertiary/aromatic N) is 5. The molecule has 9 heteroatoms. The van der Waals surface area contributed by atoms with Crippen molar-refractivity contribution in [2.45, 2.75) is 32.7 Å². The number of nitrogens with one attached hydrogen (secondary N) is 2. The number of amidine groups is 1. The molecule has 1 amide bonds. The number of anilines is 1. The van der Waals surface area contributed by atoms with Crippen molar-refractivity contribution in [2.75, 3.05) is 37.7 Å². The van der Waals surface area contributed by atoms with Gasteiger partial charge in [0.05, 0.1) is 38.1 Å². The highest BCUT2D eigenvalue weighted by Gasteiger charge is 2.31. The Labute approximate surface area is 213 Å². The molecule has 36 heavy (non-hydrogen) atoms. The van der Waals surface area contributed by atoms with Crippen LogP contribution in [0.4, 0.5) is 5.69 Å². The van der Waals surface area contributed by atoms with Crippen molar-refractivity contribution in [3.63, 3.8) is 0 Å². The molecule has 0 spiro atoms. The quantitative estimate of drug-likeness (QED) is 0.388. The molecule has 0 atom stereocenters. The average molecular weight is 490 g/mol. The standard InChI is InChI=1S/C23H28N6O2.C2H3N.C2H4/c1-15(30)28-7-6-21(26-19-13-31-14-19)20(12-28)23(24)29-8-5-17-9-16(3-4-22(17)29)18-10-25-27(2)11-18;1-2-3;1-2/h3-4,9-11,19,24,26H,5-8,12-14H2,1-2H3;1H3;1-2H2. The predicted octanol–water partition coefficient (Wildman–Crippen LogP) is 3.25. The molecular weight excluding hydrogens is 454 g/mol. The molecule has 0 unspecified atom stereocenters. The molecule has 1 saturated heterocycles. The van der Waals surface area contributed by atoms with Gasteiger partial charge in [-0.05, 0) is 29.7 Å². The van der Waals surface area contributed by atoms with Gasteiger partial charge >= 0.3 is 0 Å². The number of hydrogen-bond acceptors (Lipinski definition) is 6. The molecule has 1 aromatic carbocycles. The molecule has 0 bridgehead atoms. The molecule has 1 aromatic heterocycles. The van der Waals surface area contributed by atoms with Gasteiger partial charge in [-0.2, -0.15) is 10.4 Å². The van der Waals surface area contributed by atoms with Gasteiger partial charge in [0.2, 0.25) is 5.91 Å². The molecule has 2 N–H and O–H groups in total. The summed E-state index contributed by atoms with van der Waals surface area (Å²) in [7, 11) is 1.92. The van der Waals surface area contributed by atoms with Crippen molar-refractivity contribution in [3.8, 4) is 17.2 Å². The minimum Gasteiger partial charge on any atom is -0.381 e. The lowest BCUT2D eigenvalue weighted by Crippen LogP contribution is -2.49. The van der Waals surface area contributed by atoms with Crippen molar-refractivity contribution >= 4 is 17.4 Å². The summed E-state index contributed by atoms with van der Waals surface area (Å²) in [6, 6.07) is 8.47. The van der Waals surface area contributed by atoms with Gasteiger partial charge in [-0.1, -0.05) is 6.07 Å². The third-order valence-electron chi connectivity index (χ3n) is 6.38. The van der Waals surface area contributed by atoms with E-state index in [-0.39, 0.29) is 5.91 Å². The van der Waals surface area contributed by atoms with E-state index < -0.39 is 0 Å². The summed E-state index contributed by atoms with van der Waals surface area (Å²) in [6.07, 6.45) is 5.53. The van der Waals surface area contributed by atoms with E-state index in [1.54, 1.807) is 13.0 Å². The maximum absolute atomic E-state index is 12.0. The highest BCUT2D eigenvalue weighted by Crippen LogP contribution is 2.34. The zero-order valence-corrected chi connectivity index (χ0v) is 21.4. The summed E-state index contributed by atoms with van der Waals surface area (Å²) >= 11 is 0. The van der Waals surface area contributed by atoms with E-state index in [0.29, 0.717) is 38.2 Å². The molecule has 0 aliphatic carbocycles. The molecule has 3 aliphatic rings. The lowest BCUT2D eigenvalue weighted by Gasteiger charge is -2.36. The summed E-state index contributed by atoms with van der Waals surface area (Å²) in [5.74, 6) is 0.542. The molecule has 3 aliphatic heterocycles. The Morgan fingerprint density at radius 2 is 1.97 bits per heavy atom. The Hall–Kier alpha value is -3.90. The normalized spacial score (nSPS) is 16.5. The molecule has 4 heterocycles. The Bertz CT molecular complexity index is 1170. The Balaban J connectivity index is 0.000000674. The van der Waals surface area contributed by atoms with Crippen LogP contribution in [0.3, 0.4) is 0 Å². The average Bonchev–Trinajstić information content (AvgIpc) is 3.48. The van der Waals surface area contributed by atoms with Crippen molar-refractivity contribution in [1.29, 1.82) is 10.7 Å². The van der Waals surface area contributed by atoms with E-state index >= 15 is 0 Å². The van der Waals surface area contributed by atoms with Gasteiger partial charge < -0.3 is 19.9 Å². The van der Waals surface area contributed by atoms with Gasteiger partial charge in [0, 0.05) is 69.1 Å². The highest BCUT2D eigenvalue weighted by atomic mass is 16.5. The fourth-order valence-corrected chi connectivity index (χ4v) is 4.52. The zero-order valence-electron chi connectivity index (χ0n) is 21.4. The first-order valence-corrected chi connectivity index (χ1v) is 12.0. The summed E-state index contributed by atoms with van der Waals surface area (Å²) < 4.78 is 7.12. The number of fused-ring (bicyclic) bond motifs is 1. The number of aryl methyl sites for hydroxylation is 1. The molecule has 5 rings (SSSR count). The van der Waals surface area contributed by atoms with E-state index in [0.717, 1.165) is 47.5 Å². The van der Waals surface area contributed by atoms with E-state index in [2.05, 4.69) is 46.7 Å². The highest BCUT2D eigenvalue weighted by molar-refractivity contribution is 6.10. The number of rotatable bonds is 4. The van der Waals surface area contributed by atoms with Gasteiger partial charge in [-0.3, -0.25) is 14.9 Å². The van der Waals surface area contributed by atoms with Crippen LogP contribution >= 0.6 is 0 Å². The molecule has 9 nitrogen and oxygen atoms in total. The van der Waals surface area contributed by atoms with Crippen LogP contribution in [0.25, 0.3) is 11.1 Å². The molecule has 1 fully saturated rings. The van der Waals surface area contributed by atoms with Crippen molar-refractivity contribution in [3.05, 3.63) is 60.6 Å². The maximum Gasteiger partial charge on any atom is 0.219 e. The molecule has 0 saturated carbocycles. The maximum atomic E-state index is 12.0. The second-order valence-corrected chi connectivity index (χ2v) is 8.75. The SMILES string of the molecule is C=C.CC#N.CC(=O)N1CCC(NC2COC2)=C(C(=N)N2CCc3cc(-c4cnn(C)c4)ccc32)C1. The Morgan fingerprint density at radius 3 is 2.56 bits per heavy atom. The van der Waals surface area contributed by atoms with Crippen LogP contribution in [0.2, 0.25) is 0 Å². The van der Waals surface area contributed by atoms with Gasteiger partial charge in [0.15, 0.2) is 0 Å². The first-order valence-electron chi connectivity index (χ1n) is 12.0. The number of ether oxygens (including phenoxy) is 1. The monoisotopic (exact) mass is 489 g/mol. The largest absolute Gasteiger partial charge is 0.381 e. The first-order chi connectivity index (χ1) is 17.4. The third kappa shape index (κ3) is 5.83. The van der Waals surface area contributed by atoms with Crippen molar-refractivity contribution in [1.82, 2.24) is 20.0 Å². The molecular formula is C27H35N7O2. The predicted molar refractivity (Wildman–Crippen MR) is 142 cm³/mol. The van der Waals surface area contributed by atoms with Crippen molar-refractivity contribution in [2.24, 2.45) is 7.05 Å². The number of carbonyl (C=O) groups is 1. The number of aromatic nitrogens is 2. The van der Waals surface area contributed by atoms with Gasteiger partial charge in [-0.25, -0.2) is 0 Å². The summed E-state index contributed by atoms with van der Waals surface area (Å²) in [6.45, 7) is 12.4. The smallest absolute Gasteiger partial charge is 0.219 e. The van der Waals surface area contributed by atoms with Crippen LogP contribution in [-0.4, -0.2) is 65.3 Å². The van der Waals surface area contributed by atoms with E-state index in [4.69, 9.17) is 15.4 Å². The van der Waals surface area contributed by atoms with Crippen LogP contribution in [0.1, 0.15) is 25.8 Å². The molecule has 0 radical (unpaired) electrons. The third-order valence-corrected chi connectivity index (χ3v) is 6.38. The van der Waals surface area contributed by atoms with Gasteiger partial charge in [0.1, 0.15) is 5.84 Å². The minimum absolute atomic E-state index is 0.0549. The summed E-state index contributed by atoms with van der Waals surface area (Å²) in [4.78, 5) is 15.9. The fourth-order valence-electron chi connectivity index (χ4n) is 4.52. The summed E-state index contributed by atoms with van der Waals surface area (Å²) in [5.41, 5.74) is 6.56. The Kier molecular flexibility index (Phi) is 9.03. The van der Waals surface area contributed by atoms with E-state index in [1.807, 2.05) is 29.0 Å². The van der Waals surface area contributed by atoms with Crippen LogP contribution < -0.4 is 10.2 Å². The van der Waals surface area contributed by atoms with Crippen LogP contribution in [0.15, 0.2) is 55.0 Å². The number of amides is 1. The molecule has 190 valence electrons.